The van der Waals surface area contributed by atoms with Crippen molar-refractivity contribution in [2.45, 2.75) is 25.4 Å². The van der Waals surface area contributed by atoms with E-state index in [4.69, 9.17) is 23.2 Å². The largest absolute Gasteiger partial charge is 0.385 e. The van der Waals surface area contributed by atoms with E-state index in [0.717, 1.165) is 5.56 Å². The van der Waals surface area contributed by atoms with Crippen LogP contribution >= 0.6 is 23.2 Å². The Morgan fingerprint density at radius 2 is 2.05 bits per heavy atom. The molecule has 3 nitrogen and oxygen atoms in total. The Kier molecular flexibility index (Phi) is 4.37. The molecular formula is C14H15Cl2FN2O. The number of nitrogens with zero attached hydrogens (tertiary/aromatic N) is 2. The molecule has 1 heterocycles. The molecule has 0 aliphatic carbocycles. The molecule has 0 aliphatic heterocycles. The maximum absolute atomic E-state index is 13.5. The summed E-state index contributed by atoms with van der Waals surface area (Å²) in [6, 6.07) is 2.50. The van der Waals surface area contributed by atoms with Crippen molar-refractivity contribution in [1.29, 1.82) is 0 Å². The van der Waals surface area contributed by atoms with Crippen molar-refractivity contribution in [3.63, 3.8) is 0 Å². The smallest absolute Gasteiger partial charge is 0.142 e. The standard InChI is InChI=1S/C14H15Cl2FN2O/c1-14(20,4-3-9-7-18-19(2)8-9)10-5-13(17)12(16)6-11(10)15/h5-8,20H,3-4H2,1-2H3. The quantitative estimate of drug-likeness (QED) is 0.873. The van der Waals surface area contributed by atoms with Crippen LogP contribution in [0.5, 0.6) is 0 Å². The highest BCUT2D eigenvalue weighted by Crippen LogP contribution is 2.34. The summed E-state index contributed by atoms with van der Waals surface area (Å²) < 4.78 is 15.2. The molecule has 0 spiro atoms. The predicted octanol–water partition coefficient (Wildman–Crippen LogP) is 3.71. The molecule has 20 heavy (non-hydrogen) atoms. The topological polar surface area (TPSA) is 38.0 Å². The van der Waals surface area contributed by atoms with Crippen LogP contribution in [0.15, 0.2) is 24.5 Å². The summed E-state index contributed by atoms with van der Waals surface area (Å²) in [5.74, 6) is -0.590. The SMILES string of the molecule is Cn1cc(CCC(C)(O)c2cc(F)c(Cl)cc2Cl)cn1. The van der Waals surface area contributed by atoms with E-state index >= 15 is 0 Å². The molecule has 2 aromatic rings. The Hall–Kier alpha value is -1.10. The Bertz CT molecular complexity index is 626. The first-order valence-electron chi connectivity index (χ1n) is 6.14. The molecule has 1 N–H and O–H groups in total. The lowest BCUT2D eigenvalue weighted by atomic mass is 9.90. The first-order chi connectivity index (χ1) is 9.29. The van der Waals surface area contributed by atoms with Gasteiger partial charge in [0.15, 0.2) is 0 Å². The van der Waals surface area contributed by atoms with Crippen LogP contribution in [0.3, 0.4) is 0 Å². The minimum Gasteiger partial charge on any atom is -0.385 e. The molecule has 0 fully saturated rings. The van der Waals surface area contributed by atoms with Crippen LogP contribution in [0.25, 0.3) is 0 Å². The Morgan fingerprint density at radius 3 is 2.65 bits per heavy atom. The van der Waals surface area contributed by atoms with E-state index in [2.05, 4.69) is 5.10 Å². The van der Waals surface area contributed by atoms with Crippen LogP contribution in [-0.2, 0) is 19.1 Å². The predicted molar refractivity (Wildman–Crippen MR) is 77.5 cm³/mol. The Balaban J connectivity index is 2.19. The van der Waals surface area contributed by atoms with E-state index in [0.29, 0.717) is 18.4 Å². The number of hydrogen-bond donors (Lipinski definition) is 1. The third-order valence-electron chi connectivity index (χ3n) is 3.25. The minimum atomic E-state index is -1.24. The van der Waals surface area contributed by atoms with E-state index in [-0.39, 0.29) is 10.0 Å². The maximum Gasteiger partial charge on any atom is 0.142 e. The number of benzene rings is 1. The summed E-state index contributed by atoms with van der Waals surface area (Å²) in [4.78, 5) is 0. The molecule has 0 bridgehead atoms. The lowest BCUT2D eigenvalue weighted by molar-refractivity contribution is 0.0478. The van der Waals surface area contributed by atoms with Crippen molar-refractivity contribution in [3.05, 3.63) is 51.5 Å². The van der Waals surface area contributed by atoms with Gasteiger partial charge in [-0.25, -0.2) is 4.39 Å². The van der Waals surface area contributed by atoms with E-state index in [9.17, 15) is 9.50 Å². The highest BCUT2D eigenvalue weighted by Gasteiger charge is 2.27. The van der Waals surface area contributed by atoms with Gasteiger partial charge in [0.05, 0.1) is 16.8 Å². The second-order valence-electron chi connectivity index (χ2n) is 5.04. The molecule has 0 saturated carbocycles. The van der Waals surface area contributed by atoms with Crippen molar-refractivity contribution in [2.24, 2.45) is 7.05 Å². The number of aromatic nitrogens is 2. The van der Waals surface area contributed by atoms with Gasteiger partial charge in [-0.1, -0.05) is 23.2 Å². The van der Waals surface area contributed by atoms with Gasteiger partial charge in [0.2, 0.25) is 0 Å². The molecule has 1 aromatic heterocycles. The Morgan fingerprint density at radius 1 is 1.35 bits per heavy atom. The molecule has 6 heteroatoms. The molecule has 1 aromatic carbocycles. The number of aryl methyl sites for hydroxylation is 2. The molecular weight excluding hydrogens is 302 g/mol. The van der Waals surface area contributed by atoms with Crippen LogP contribution in [0, 0.1) is 5.82 Å². The van der Waals surface area contributed by atoms with Gasteiger partial charge in [-0.15, -0.1) is 0 Å². The van der Waals surface area contributed by atoms with E-state index in [1.165, 1.54) is 12.1 Å². The molecule has 0 saturated heterocycles. The van der Waals surface area contributed by atoms with Gasteiger partial charge in [0.25, 0.3) is 0 Å². The van der Waals surface area contributed by atoms with Gasteiger partial charge < -0.3 is 5.11 Å². The second-order valence-corrected chi connectivity index (χ2v) is 5.86. The molecule has 2 rings (SSSR count). The third kappa shape index (κ3) is 3.32. The number of aliphatic hydroxyl groups is 1. The van der Waals surface area contributed by atoms with Crippen LogP contribution < -0.4 is 0 Å². The van der Waals surface area contributed by atoms with Crippen molar-refractivity contribution >= 4 is 23.2 Å². The fraction of sp³-hybridized carbons (Fsp3) is 0.357. The van der Waals surface area contributed by atoms with Crippen molar-refractivity contribution in [2.75, 3.05) is 0 Å². The Labute approximate surface area is 126 Å². The van der Waals surface area contributed by atoms with Crippen LogP contribution in [0.4, 0.5) is 4.39 Å². The van der Waals surface area contributed by atoms with Crippen molar-refractivity contribution in [3.8, 4) is 0 Å². The first kappa shape index (κ1) is 15.3. The normalized spacial score (nSPS) is 14.3. The summed E-state index contributed by atoms with van der Waals surface area (Å²) in [6.07, 6.45) is 4.63. The summed E-state index contributed by atoms with van der Waals surface area (Å²) >= 11 is 11.7. The fourth-order valence-corrected chi connectivity index (χ4v) is 2.65. The average Bonchev–Trinajstić information content (AvgIpc) is 2.77. The molecule has 0 amide bonds. The molecule has 0 aliphatic rings. The summed E-state index contributed by atoms with van der Waals surface area (Å²) in [5, 5.41) is 14.8. The van der Waals surface area contributed by atoms with Gasteiger partial charge in [-0.3, -0.25) is 4.68 Å². The van der Waals surface area contributed by atoms with Crippen molar-refractivity contribution < 1.29 is 9.50 Å². The molecule has 108 valence electrons. The molecule has 1 atom stereocenters. The van der Waals surface area contributed by atoms with Crippen LogP contribution in [0.1, 0.15) is 24.5 Å². The van der Waals surface area contributed by atoms with Crippen molar-refractivity contribution in [1.82, 2.24) is 9.78 Å². The van der Waals surface area contributed by atoms with E-state index in [1.54, 1.807) is 17.8 Å². The number of rotatable bonds is 4. The summed E-state index contributed by atoms with van der Waals surface area (Å²) in [6.45, 7) is 1.61. The zero-order chi connectivity index (χ0) is 14.9. The monoisotopic (exact) mass is 316 g/mol. The van der Waals surface area contributed by atoms with Gasteiger partial charge in [-0.2, -0.15) is 5.10 Å². The summed E-state index contributed by atoms with van der Waals surface area (Å²) in [7, 11) is 1.83. The number of halogens is 3. The molecule has 0 radical (unpaired) electrons. The maximum atomic E-state index is 13.5. The fourth-order valence-electron chi connectivity index (χ4n) is 2.06. The highest BCUT2D eigenvalue weighted by atomic mass is 35.5. The average molecular weight is 317 g/mol. The minimum absolute atomic E-state index is 0.0539. The zero-order valence-electron chi connectivity index (χ0n) is 11.2. The van der Waals surface area contributed by atoms with E-state index < -0.39 is 11.4 Å². The zero-order valence-corrected chi connectivity index (χ0v) is 12.7. The van der Waals surface area contributed by atoms with Gasteiger partial charge in [-0.05, 0) is 37.5 Å². The number of hydrogen-bond acceptors (Lipinski definition) is 2. The van der Waals surface area contributed by atoms with Gasteiger partial charge in [0.1, 0.15) is 5.82 Å². The first-order valence-corrected chi connectivity index (χ1v) is 6.90. The third-order valence-corrected chi connectivity index (χ3v) is 3.85. The highest BCUT2D eigenvalue weighted by molar-refractivity contribution is 6.35. The van der Waals surface area contributed by atoms with Crippen LogP contribution in [0.2, 0.25) is 10.0 Å². The molecule has 1 unspecified atom stereocenters. The lowest BCUT2D eigenvalue weighted by Gasteiger charge is -2.25. The summed E-state index contributed by atoms with van der Waals surface area (Å²) in [5.41, 5.74) is 0.0986. The van der Waals surface area contributed by atoms with Crippen LogP contribution in [-0.4, -0.2) is 14.9 Å². The lowest BCUT2D eigenvalue weighted by Crippen LogP contribution is -2.22. The van der Waals surface area contributed by atoms with E-state index in [1.807, 2.05) is 13.2 Å². The van der Waals surface area contributed by atoms with Gasteiger partial charge in [0, 0.05) is 23.8 Å². The second kappa shape index (κ2) is 5.72. The van der Waals surface area contributed by atoms with Gasteiger partial charge >= 0.3 is 0 Å².